The molecule has 0 radical (unpaired) electrons. The lowest BCUT2D eigenvalue weighted by Gasteiger charge is -2.26. The van der Waals surface area contributed by atoms with Crippen molar-refractivity contribution in [1.82, 2.24) is 24.9 Å². The van der Waals surface area contributed by atoms with E-state index in [1.54, 1.807) is 17.0 Å². The van der Waals surface area contributed by atoms with Crippen molar-refractivity contribution in [3.63, 3.8) is 0 Å². The minimum atomic E-state index is -0.378. The molecule has 8 nitrogen and oxygen atoms in total. The zero-order valence-corrected chi connectivity index (χ0v) is 17.8. The van der Waals surface area contributed by atoms with Gasteiger partial charge in [0.15, 0.2) is 5.69 Å². The fraction of sp³-hybridized carbons (Fsp3) is 0.476. The van der Waals surface area contributed by atoms with Crippen LogP contribution in [-0.2, 0) is 24.4 Å². The smallest absolute Gasteiger partial charge is 0.410 e. The average molecular weight is 432 g/mol. The van der Waals surface area contributed by atoms with E-state index in [1.807, 2.05) is 28.6 Å². The third-order valence-corrected chi connectivity index (χ3v) is 5.58. The molecular weight excluding hydrogens is 406 g/mol. The summed E-state index contributed by atoms with van der Waals surface area (Å²) in [5.41, 5.74) is 3.17. The number of halogens is 1. The Morgan fingerprint density at radius 1 is 1.10 bits per heavy atom. The second kappa shape index (κ2) is 9.06. The van der Waals surface area contributed by atoms with Crippen LogP contribution < -0.4 is 5.32 Å². The molecule has 0 atom stereocenters. The quantitative estimate of drug-likeness (QED) is 0.807. The number of aryl methyl sites for hydroxylation is 2. The van der Waals surface area contributed by atoms with Gasteiger partial charge in [-0.15, -0.1) is 0 Å². The zero-order chi connectivity index (χ0) is 21.1. The normalized spacial score (nSPS) is 16.7. The van der Waals surface area contributed by atoms with Gasteiger partial charge in [0.2, 0.25) is 0 Å². The van der Waals surface area contributed by atoms with E-state index < -0.39 is 0 Å². The standard InChI is InChI=1S/C21H26ClN5O3/c1-15-9-16(11-17(22)10-15)14-30-21(29)26-5-2-6-27-18(13-26)12-19(24-27)20(28)25-7-3-23-4-8-25/h9-12,23H,2-8,13-14H2,1H3. The molecule has 160 valence electrons. The molecular formula is C21H26ClN5O3. The largest absolute Gasteiger partial charge is 0.445 e. The highest BCUT2D eigenvalue weighted by Gasteiger charge is 2.26. The van der Waals surface area contributed by atoms with Gasteiger partial charge in [-0.3, -0.25) is 9.48 Å². The van der Waals surface area contributed by atoms with Gasteiger partial charge >= 0.3 is 6.09 Å². The third-order valence-electron chi connectivity index (χ3n) is 5.36. The first-order chi connectivity index (χ1) is 14.5. The molecule has 1 aromatic heterocycles. The van der Waals surface area contributed by atoms with Crippen molar-refractivity contribution in [2.24, 2.45) is 0 Å². The number of benzene rings is 1. The van der Waals surface area contributed by atoms with Crippen LogP contribution >= 0.6 is 11.6 Å². The van der Waals surface area contributed by atoms with E-state index in [-0.39, 0.29) is 18.6 Å². The second-order valence-corrected chi connectivity index (χ2v) is 8.19. The Morgan fingerprint density at radius 3 is 2.67 bits per heavy atom. The molecule has 1 N–H and O–H groups in total. The number of hydrogen-bond donors (Lipinski definition) is 1. The van der Waals surface area contributed by atoms with E-state index in [0.717, 1.165) is 36.3 Å². The van der Waals surface area contributed by atoms with E-state index in [0.29, 0.717) is 43.4 Å². The summed E-state index contributed by atoms with van der Waals surface area (Å²) in [6.07, 6.45) is 0.374. The van der Waals surface area contributed by atoms with Crippen molar-refractivity contribution >= 4 is 23.6 Å². The van der Waals surface area contributed by atoms with Gasteiger partial charge < -0.3 is 19.9 Å². The predicted molar refractivity (Wildman–Crippen MR) is 112 cm³/mol. The fourth-order valence-electron chi connectivity index (χ4n) is 3.88. The van der Waals surface area contributed by atoms with Crippen LogP contribution in [0.2, 0.25) is 5.02 Å². The van der Waals surface area contributed by atoms with Crippen LogP contribution in [0.3, 0.4) is 0 Å². The molecule has 30 heavy (non-hydrogen) atoms. The lowest BCUT2D eigenvalue weighted by Crippen LogP contribution is -2.46. The summed E-state index contributed by atoms with van der Waals surface area (Å²) >= 11 is 6.08. The number of nitrogens with one attached hydrogen (secondary N) is 1. The summed E-state index contributed by atoms with van der Waals surface area (Å²) in [7, 11) is 0. The Balaban J connectivity index is 1.40. The predicted octanol–water partition coefficient (Wildman–Crippen LogP) is 2.43. The molecule has 0 bridgehead atoms. The van der Waals surface area contributed by atoms with Crippen molar-refractivity contribution < 1.29 is 14.3 Å². The third kappa shape index (κ3) is 4.76. The Morgan fingerprint density at radius 2 is 1.90 bits per heavy atom. The van der Waals surface area contributed by atoms with E-state index >= 15 is 0 Å². The van der Waals surface area contributed by atoms with E-state index in [1.165, 1.54) is 0 Å². The molecule has 2 aliphatic rings. The number of nitrogens with zero attached hydrogens (tertiary/aromatic N) is 4. The molecule has 0 saturated carbocycles. The van der Waals surface area contributed by atoms with Crippen LogP contribution in [0.15, 0.2) is 24.3 Å². The Bertz CT molecular complexity index is 918. The number of carbonyl (C=O) groups excluding carboxylic acids is 2. The monoisotopic (exact) mass is 431 g/mol. The van der Waals surface area contributed by atoms with Crippen LogP contribution in [-0.4, -0.2) is 64.3 Å². The van der Waals surface area contributed by atoms with Gasteiger partial charge in [0.05, 0.1) is 12.2 Å². The molecule has 4 rings (SSSR count). The molecule has 1 saturated heterocycles. The summed E-state index contributed by atoms with van der Waals surface area (Å²) in [5, 5.41) is 8.37. The molecule has 9 heteroatoms. The Kier molecular flexibility index (Phi) is 6.24. The lowest BCUT2D eigenvalue weighted by molar-refractivity contribution is 0.0729. The van der Waals surface area contributed by atoms with Gasteiger partial charge in [-0.05, 0) is 42.7 Å². The number of piperazine rings is 1. The minimum absolute atomic E-state index is 0.0532. The van der Waals surface area contributed by atoms with Crippen molar-refractivity contribution in [2.75, 3.05) is 32.7 Å². The molecule has 1 aromatic carbocycles. The van der Waals surface area contributed by atoms with E-state index in [2.05, 4.69) is 10.4 Å². The van der Waals surface area contributed by atoms with Crippen molar-refractivity contribution in [3.8, 4) is 0 Å². The number of aromatic nitrogens is 2. The van der Waals surface area contributed by atoms with Crippen LogP contribution in [0.1, 0.15) is 33.7 Å². The number of hydrogen-bond acceptors (Lipinski definition) is 5. The highest BCUT2D eigenvalue weighted by atomic mass is 35.5. The van der Waals surface area contributed by atoms with Gasteiger partial charge in [0, 0.05) is 44.3 Å². The molecule has 2 aliphatic heterocycles. The van der Waals surface area contributed by atoms with Crippen molar-refractivity contribution in [3.05, 3.63) is 51.8 Å². The van der Waals surface area contributed by atoms with Crippen LogP contribution in [0.4, 0.5) is 4.79 Å². The van der Waals surface area contributed by atoms with Gasteiger partial charge in [-0.25, -0.2) is 4.79 Å². The number of carbonyl (C=O) groups is 2. The first-order valence-corrected chi connectivity index (χ1v) is 10.6. The fourth-order valence-corrected chi connectivity index (χ4v) is 4.20. The molecule has 2 aromatic rings. The first-order valence-electron chi connectivity index (χ1n) is 10.2. The van der Waals surface area contributed by atoms with Gasteiger partial charge in [0.1, 0.15) is 6.61 Å². The summed E-state index contributed by atoms with van der Waals surface area (Å²) in [6, 6.07) is 7.41. The molecule has 3 heterocycles. The highest BCUT2D eigenvalue weighted by Crippen LogP contribution is 2.18. The SMILES string of the molecule is Cc1cc(Cl)cc(COC(=O)N2CCCn3nc(C(=O)N4CCNCC4)cc3C2)c1. The van der Waals surface area contributed by atoms with Gasteiger partial charge in [-0.1, -0.05) is 17.7 Å². The zero-order valence-electron chi connectivity index (χ0n) is 17.1. The minimum Gasteiger partial charge on any atom is -0.445 e. The maximum atomic E-state index is 12.7. The first kappa shape index (κ1) is 20.7. The van der Waals surface area contributed by atoms with E-state index in [9.17, 15) is 9.59 Å². The molecule has 0 unspecified atom stereocenters. The topological polar surface area (TPSA) is 79.7 Å². The molecule has 1 fully saturated rings. The Labute approximate surface area is 180 Å². The van der Waals surface area contributed by atoms with Crippen LogP contribution in [0.25, 0.3) is 0 Å². The summed E-state index contributed by atoms with van der Waals surface area (Å²) in [6.45, 7) is 6.70. The summed E-state index contributed by atoms with van der Waals surface area (Å²) in [5.74, 6) is -0.0532. The van der Waals surface area contributed by atoms with Crippen LogP contribution in [0, 0.1) is 6.92 Å². The van der Waals surface area contributed by atoms with Crippen molar-refractivity contribution in [2.45, 2.75) is 33.0 Å². The van der Waals surface area contributed by atoms with E-state index in [4.69, 9.17) is 16.3 Å². The second-order valence-electron chi connectivity index (χ2n) is 7.75. The maximum Gasteiger partial charge on any atom is 0.410 e. The van der Waals surface area contributed by atoms with Gasteiger partial charge in [0.25, 0.3) is 5.91 Å². The van der Waals surface area contributed by atoms with Crippen molar-refractivity contribution in [1.29, 1.82) is 0 Å². The number of fused-ring (bicyclic) bond motifs is 1. The summed E-state index contributed by atoms with van der Waals surface area (Å²) < 4.78 is 7.35. The van der Waals surface area contributed by atoms with Gasteiger partial charge in [-0.2, -0.15) is 5.10 Å². The average Bonchev–Trinajstić information content (AvgIpc) is 3.02. The van der Waals surface area contributed by atoms with Crippen LogP contribution in [0.5, 0.6) is 0 Å². The number of ether oxygens (including phenoxy) is 1. The number of rotatable bonds is 3. The lowest BCUT2D eigenvalue weighted by atomic mass is 10.1. The molecule has 0 spiro atoms. The Hall–Kier alpha value is -2.58. The summed E-state index contributed by atoms with van der Waals surface area (Å²) in [4.78, 5) is 28.9. The number of amides is 2. The highest BCUT2D eigenvalue weighted by molar-refractivity contribution is 6.30. The molecule has 0 aliphatic carbocycles. The maximum absolute atomic E-state index is 12.7. The molecule has 2 amide bonds.